The van der Waals surface area contributed by atoms with Gasteiger partial charge in [0.15, 0.2) is 0 Å². The maximum Gasteiger partial charge on any atom is 0.324 e. The molecule has 134 valence electrons. The van der Waals surface area contributed by atoms with Gasteiger partial charge in [-0.25, -0.2) is 9.78 Å². The topological polar surface area (TPSA) is 87.7 Å². The van der Waals surface area contributed by atoms with E-state index in [1.165, 1.54) is 6.33 Å². The number of anilines is 2. The van der Waals surface area contributed by atoms with Crippen LogP contribution < -0.4 is 9.80 Å². The third-order valence-electron chi connectivity index (χ3n) is 5.04. The average Bonchev–Trinajstić information content (AvgIpc) is 3.28. The number of nitrogens with zero attached hydrogens (tertiary/aromatic N) is 9. The van der Waals surface area contributed by atoms with Crippen LogP contribution in [0.25, 0.3) is 5.78 Å². The molecule has 2 aliphatic heterocycles. The number of rotatable bonds is 3. The first-order chi connectivity index (χ1) is 12.6. The molecule has 0 aliphatic carbocycles. The van der Waals surface area contributed by atoms with Crippen molar-refractivity contribution < 1.29 is 4.79 Å². The fourth-order valence-electron chi connectivity index (χ4n) is 3.50. The molecule has 5 rings (SSSR count). The molecule has 2 saturated heterocycles. The van der Waals surface area contributed by atoms with Gasteiger partial charge in [0.05, 0.1) is 17.9 Å². The molecule has 5 heterocycles. The molecule has 2 fully saturated rings. The zero-order valence-corrected chi connectivity index (χ0v) is 14.6. The van der Waals surface area contributed by atoms with E-state index in [4.69, 9.17) is 0 Å². The summed E-state index contributed by atoms with van der Waals surface area (Å²) in [6.07, 6.45) is 5.25. The van der Waals surface area contributed by atoms with E-state index < -0.39 is 0 Å². The highest BCUT2D eigenvalue weighted by Gasteiger charge is 2.33. The average molecular weight is 353 g/mol. The summed E-state index contributed by atoms with van der Waals surface area (Å²) in [6, 6.07) is 2.32. The lowest BCUT2D eigenvalue weighted by Crippen LogP contribution is -2.48. The molecule has 26 heavy (non-hydrogen) atoms. The SMILES string of the molecule is Cc1cc(N2CC(n3cc(N4CCN(C)C4=O)cn3)C2)n2ncnc2n1. The zero-order chi connectivity index (χ0) is 17.8. The Labute approximate surface area is 149 Å². The van der Waals surface area contributed by atoms with E-state index in [1.54, 1.807) is 20.5 Å². The molecule has 10 heteroatoms. The molecule has 0 saturated carbocycles. The van der Waals surface area contributed by atoms with Gasteiger partial charge in [0.25, 0.3) is 5.78 Å². The highest BCUT2D eigenvalue weighted by Crippen LogP contribution is 2.29. The molecule has 0 aromatic carbocycles. The molecule has 0 unspecified atom stereocenters. The number of hydrogen-bond acceptors (Lipinski definition) is 6. The first kappa shape index (κ1) is 15.1. The molecular weight excluding hydrogens is 334 g/mol. The highest BCUT2D eigenvalue weighted by atomic mass is 16.2. The first-order valence-electron chi connectivity index (χ1n) is 8.59. The Morgan fingerprint density at radius 2 is 2.04 bits per heavy atom. The van der Waals surface area contributed by atoms with Crippen molar-refractivity contribution >= 4 is 23.3 Å². The molecule has 0 atom stereocenters. The van der Waals surface area contributed by atoms with Gasteiger partial charge < -0.3 is 9.80 Å². The Bertz CT molecular complexity index is 987. The Morgan fingerprint density at radius 3 is 2.81 bits per heavy atom. The predicted molar refractivity (Wildman–Crippen MR) is 94.4 cm³/mol. The lowest BCUT2D eigenvalue weighted by molar-refractivity contribution is 0.229. The Balaban J connectivity index is 1.33. The van der Waals surface area contributed by atoms with Crippen LogP contribution in [0.4, 0.5) is 16.3 Å². The van der Waals surface area contributed by atoms with Gasteiger partial charge >= 0.3 is 6.03 Å². The number of aromatic nitrogens is 6. The molecule has 3 aromatic rings. The predicted octanol–water partition coefficient (Wildman–Crippen LogP) is 0.562. The summed E-state index contributed by atoms with van der Waals surface area (Å²) in [6.45, 7) is 5.06. The van der Waals surface area contributed by atoms with E-state index in [0.717, 1.165) is 36.8 Å². The summed E-state index contributed by atoms with van der Waals surface area (Å²) >= 11 is 0. The van der Waals surface area contributed by atoms with E-state index in [9.17, 15) is 4.79 Å². The number of fused-ring (bicyclic) bond motifs is 1. The molecule has 3 aromatic heterocycles. The van der Waals surface area contributed by atoms with Crippen LogP contribution in [0, 0.1) is 6.92 Å². The maximum absolute atomic E-state index is 12.1. The first-order valence-corrected chi connectivity index (χ1v) is 8.59. The van der Waals surface area contributed by atoms with Crippen LogP contribution >= 0.6 is 0 Å². The summed E-state index contributed by atoms with van der Waals surface area (Å²) in [5, 5.41) is 8.73. The Kier molecular flexibility index (Phi) is 3.15. The van der Waals surface area contributed by atoms with Crippen LogP contribution in [0.3, 0.4) is 0 Å². The van der Waals surface area contributed by atoms with Gasteiger partial charge in [-0.1, -0.05) is 0 Å². The number of likely N-dealkylation sites (N-methyl/N-ethyl adjacent to an activating group) is 1. The third-order valence-corrected chi connectivity index (χ3v) is 5.04. The lowest BCUT2D eigenvalue weighted by Gasteiger charge is -2.40. The minimum absolute atomic E-state index is 0.0284. The van der Waals surface area contributed by atoms with Crippen molar-refractivity contribution in [3.63, 3.8) is 0 Å². The van der Waals surface area contributed by atoms with Gasteiger partial charge in [0, 0.05) is 51.2 Å². The second-order valence-corrected chi connectivity index (χ2v) is 6.82. The van der Waals surface area contributed by atoms with Crippen molar-refractivity contribution in [3.05, 3.63) is 30.5 Å². The molecule has 0 spiro atoms. The van der Waals surface area contributed by atoms with E-state index in [1.807, 2.05) is 30.9 Å². The minimum Gasteiger partial charge on any atom is -0.352 e. The molecule has 0 bridgehead atoms. The van der Waals surface area contributed by atoms with Crippen LogP contribution in [0.1, 0.15) is 11.7 Å². The maximum atomic E-state index is 12.1. The van der Waals surface area contributed by atoms with Crippen molar-refractivity contribution in [2.24, 2.45) is 0 Å². The Hall–Kier alpha value is -3.17. The van der Waals surface area contributed by atoms with Crippen LogP contribution in [-0.4, -0.2) is 73.5 Å². The smallest absolute Gasteiger partial charge is 0.324 e. The summed E-state index contributed by atoms with van der Waals surface area (Å²) < 4.78 is 3.71. The zero-order valence-electron chi connectivity index (χ0n) is 14.6. The number of carbonyl (C=O) groups is 1. The molecule has 10 nitrogen and oxygen atoms in total. The molecule has 2 amide bonds. The quantitative estimate of drug-likeness (QED) is 0.684. The van der Waals surface area contributed by atoms with Crippen LogP contribution in [-0.2, 0) is 0 Å². The van der Waals surface area contributed by atoms with Gasteiger partial charge in [-0.15, -0.1) is 0 Å². The van der Waals surface area contributed by atoms with E-state index >= 15 is 0 Å². The van der Waals surface area contributed by atoms with E-state index in [0.29, 0.717) is 12.3 Å². The fraction of sp³-hybridized carbons (Fsp3) is 0.438. The number of aryl methyl sites for hydroxylation is 1. The van der Waals surface area contributed by atoms with E-state index in [2.05, 4.69) is 25.1 Å². The fourth-order valence-corrected chi connectivity index (χ4v) is 3.50. The monoisotopic (exact) mass is 353 g/mol. The summed E-state index contributed by atoms with van der Waals surface area (Å²) in [5.74, 6) is 1.60. The number of amides is 2. The van der Waals surface area contributed by atoms with E-state index in [-0.39, 0.29) is 12.1 Å². The Morgan fingerprint density at radius 1 is 1.19 bits per heavy atom. The summed E-state index contributed by atoms with van der Waals surface area (Å²) in [5.41, 5.74) is 1.78. The van der Waals surface area contributed by atoms with Crippen LogP contribution in [0.15, 0.2) is 24.8 Å². The van der Waals surface area contributed by atoms with Gasteiger partial charge in [0.2, 0.25) is 0 Å². The highest BCUT2D eigenvalue weighted by molar-refractivity contribution is 5.93. The summed E-state index contributed by atoms with van der Waals surface area (Å²) in [4.78, 5) is 26.4. The number of hydrogen-bond donors (Lipinski definition) is 0. The van der Waals surface area contributed by atoms with Crippen LogP contribution in [0.5, 0.6) is 0 Å². The normalized spacial score (nSPS) is 18.2. The molecule has 2 aliphatic rings. The lowest BCUT2D eigenvalue weighted by atomic mass is 10.1. The molecule has 0 N–H and O–H groups in total. The van der Waals surface area contributed by atoms with Crippen molar-refractivity contribution in [2.45, 2.75) is 13.0 Å². The minimum atomic E-state index is 0.0284. The largest absolute Gasteiger partial charge is 0.352 e. The second-order valence-electron chi connectivity index (χ2n) is 6.82. The van der Waals surface area contributed by atoms with Crippen molar-refractivity contribution in [1.82, 2.24) is 34.3 Å². The van der Waals surface area contributed by atoms with Gasteiger partial charge in [-0.05, 0) is 6.92 Å². The van der Waals surface area contributed by atoms with Gasteiger partial charge in [-0.2, -0.15) is 19.7 Å². The summed E-state index contributed by atoms with van der Waals surface area (Å²) in [7, 11) is 1.82. The van der Waals surface area contributed by atoms with Crippen molar-refractivity contribution in [3.8, 4) is 0 Å². The number of urea groups is 1. The standard InChI is InChI=1S/C16H19N9O/c1-11-5-14(25-15(20-11)17-10-19-25)22-7-13(8-22)24-9-12(6-18-24)23-4-3-21(2)16(23)26/h5-6,9-10,13H,3-4,7-8H2,1-2H3. The molecule has 0 radical (unpaired) electrons. The third kappa shape index (κ3) is 2.21. The van der Waals surface area contributed by atoms with Crippen molar-refractivity contribution in [2.75, 3.05) is 43.0 Å². The van der Waals surface area contributed by atoms with Crippen molar-refractivity contribution in [1.29, 1.82) is 0 Å². The van der Waals surface area contributed by atoms with Crippen LogP contribution in [0.2, 0.25) is 0 Å². The number of carbonyl (C=O) groups excluding carboxylic acids is 1. The van der Waals surface area contributed by atoms with Gasteiger partial charge in [0.1, 0.15) is 12.1 Å². The molecular formula is C16H19N9O. The van der Waals surface area contributed by atoms with Gasteiger partial charge in [-0.3, -0.25) is 9.58 Å². The second kappa shape index (κ2) is 5.41.